The Morgan fingerprint density at radius 1 is 1.00 bits per heavy atom. The molecule has 1 saturated heterocycles. The second kappa shape index (κ2) is 12.6. The number of amides is 2. The third-order valence-electron chi connectivity index (χ3n) is 8.49. The summed E-state index contributed by atoms with van der Waals surface area (Å²) >= 11 is 0. The zero-order chi connectivity index (χ0) is 35.3. The van der Waals surface area contributed by atoms with E-state index in [0.29, 0.717) is 53.0 Å². The third-order valence-corrected chi connectivity index (χ3v) is 8.49. The van der Waals surface area contributed by atoms with Gasteiger partial charge < -0.3 is 14.4 Å². The molecule has 0 radical (unpaired) electrons. The Kier molecular flexibility index (Phi) is 9.64. The summed E-state index contributed by atoms with van der Waals surface area (Å²) in [5, 5.41) is 0. The fourth-order valence-corrected chi connectivity index (χ4v) is 6.09. The molecule has 47 heavy (non-hydrogen) atoms. The van der Waals surface area contributed by atoms with E-state index >= 15 is 0 Å². The van der Waals surface area contributed by atoms with Crippen LogP contribution in [-0.2, 0) is 21.9 Å². The van der Waals surface area contributed by atoms with Crippen molar-refractivity contribution < 1.29 is 58.6 Å². The lowest BCUT2D eigenvalue weighted by Gasteiger charge is -2.36. The van der Waals surface area contributed by atoms with Crippen molar-refractivity contribution in [2.24, 2.45) is 5.41 Å². The van der Waals surface area contributed by atoms with Gasteiger partial charge in [0.2, 0.25) is 0 Å². The van der Waals surface area contributed by atoms with Crippen LogP contribution >= 0.6 is 0 Å². The number of methoxy groups -OCH3 is 1. The molecule has 1 fully saturated rings. The molecule has 0 bridgehead atoms. The number of cyclic esters (lactones) is 1. The van der Waals surface area contributed by atoms with Crippen molar-refractivity contribution in [1.82, 2.24) is 4.90 Å². The Morgan fingerprint density at radius 2 is 1.60 bits per heavy atom. The summed E-state index contributed by atoms with van der Waals surface area (Å²) < 4.78 is 132. The standard InChI is InChI=1S/C32H33F9N2O4/c1-6-42(27(44)32(39,40)41)22-7-8-25(46-5)24(14-22)23-9-10-29(3,4)15-19(23)16-43-17(2)26(47-28(43)45)18-11-20(30(33,34)35)13-21(12-18)31(36,37)38/h7-8,11-14,17,26H,6,9-10,15-16H2,1-5H3/t17-,26-/m0/s1. The number of hydrogen-bond donors (Lipinski definition) is 0. The van der Waals surface area contributed by atoms with Gasteiger partial charge in [0.25, 0.3) is 0 Å². The van der Waals surface area contributed by atoms with Crippen LogP contribution in [-0.4, -0.2) is 49.3 Å². The van der Waals surface area contributed by atoms with E-state index in [9.17, 15) is 49.1 Å². The van der Waals surface area contributed by atoms with Crippen LogP contribution < -0.4 is 9.64 Å². The number of benzene rings is 2. The number of nitrogens with zero attached hydrogens (tertiary/aromatic N) is 2. The van der Waals surface area contributed by atoms with E-state index in [1.54, 1.807) is 0 Å². The fraction of sp³-hybridized carbons (Fsp3) is 0.500. The number of allylic oxidation sites excluding steroid dienone is 1. The predicted molar refractivity (Wildman–Crippen MR) is 153 cm³/mol. The minimum Gasteiger partial charge on any atom is -0.496 e. The largest absolute Gasteiger partial charge is 0.496 e. The van der Waals surface area contributed by atoms with E-state index < -0.39 is 59.4 Å². The summed E-state index contributed by atoms with van der Waals surface area (Å²) in [6, 6.07) is 4.19. The molecule has 1 aliphatic heterocycles. The Morgan fingerprint density at radius 3 is 2.11 bits per heavy atom. The predicted octanol–water partition coefficient (Wildman–Crippen LogP) is 9.19. The number of alkyl halides is 9. The number of hydrogen-bond acceptors (Lipinski definition) is 4. The zero-order valence-corrected chi connectivity index (χ0v) is 26.1. The number of anilines is 1. The minimum atomic E-state index is -5.13. The highest BCUT2D eigenvalue weighted by molar-refractivity contribution is 5.98. The summed E-state index contributed by atoms with van der Waals surface area (Å²) in [7, 11) is 1.36. The van der Waals surface area contributed by atoms with Crippen molar-refractivity contribution in [1.29, 1.82) is 0 Å². The molecule has 2 amide bonds. The van der Waals surface area contributed by atoms with E-state index in [2.05, 4.69) is 0 Å². The molecule has 0 unspecified atom stereocenters. The molecule has 2 aromatic carbocycles. The molecule has 2 aliphatic rings. The molecule has 0 saturated carbocycles. The van der Waals surface area contributed by atoms with Crippen LogP contribution in [0.2, 0.25) is 0 Å². The van der Waals surface area contributed by atoms with Gasteiger partial charge in [0, 0.05) is 24.3 Å². The van der Waals surface area contributed by atoms with Crippen LogP contribution in [0.25, 0.3) is 5.57 Å². The molecule has 2 atom stereocenters. The molecule has 4 rings (SSSR count). The van der Waals surface area contributed by atoms with Crippen LogP contribution in [0.1, 0.15) is 75.3 Å². The third kappa shape index (κ3) is 7.64. The fourth-order valence-electron chi connectivity index (χ4n) is 6.09. The molecule has 0 aromatic heterocycles. The molecule has 0 N–H and O–H groups in total. The lowest BCUT2D eigenvalue weighted by molar-refractivity contribution is -0.170. The molecule has 6 nitrogen and oxygen atoms in total. The first-order valence-corrected chi connectivity index (χ1v) is 14.6. The van der Waals surface area contributed by atoms with Gasteiger partial charge in [0.1, 0.15) is 11.9 Å². The SMILES string of the molecule is CCN(C(=O)C(F)(F)F)c1ccc(OC)c(C2=C(CN3C(=O)O[C@H](c4cc(C(F)(F)F)cc(C(F)(F)F)c4)[C@@H]3C)CC(C)(C)CC2)c1. The van der Waals surface area contributed by atoms with E-state index in [1.165, 1.54) is 44.1 Å². The van der Waals surface area contributed by atoms with E-state index in [0.717, 1.165) is 0 Å². The zero-order valence-electron chi connectivity index (χ0n) is 26.1. The normalized spacial score (nSPS) is 20.4. The van der Waals surface area contributed by atoms with Gasteiger partial charge in [-0.15, -0.1) is 0 Å². The lowest BCUT2D eigenvalue weighted by atomic mass is 9.72. The van der Waals surface area contributed by atoms with Gasteiger partial charge >= 0.3 is 30.5 Å². The maximum Gasteiger partial charge on any atom is 0.471 e. The van der Waals surface area contributed by atoms with Gasteiger partial charge in [0.15, 0.2) is 0 Å². The number of carbonyl (C=O) groups is 2. The van der Waals surface area contributed by atoms with Gasteiger partial charge in [-0.25, -0.2) is 4.79 Å². The number of rotatable bonds is 7. The molecule has 1 heterocycles. The maximum atomic E-state index is 13.5. The molecule has 15 heteroatoms. The highest BCUT2D eigenvalue weighted by Crippen LogP contribution is 2.47. The van der Waals surface area contributed by atoms with E-state index in [-0.39, 0.29) is 36.0 Å². The highest BCUT2D eigenvalue weighted by Gasteiger charge is 2.45. The molecular weight excluding hydrogens is 647 g/mol. The Bertz CT molecular complexity index is 1530. The Balaban J connectivity index is 1.77. The van der Waals surface area contributed by atoms with Gasteiger partial charge in [0.05, 0.1) is 24.3 Å². The second-order valence-corrected chi connectivity index (χ2v) is 12.4. The van der Waals surface area contributed by atoms with Gasteiger partial charge in [-0.3, -0.25) is 9.69 Å². The van der Waals surface area contributed by atoms with Crippen molar-refractivity contribution in [3.63, 3.8) is 0 Å². The van der Waals surface area contributed by atoms with Crippen LogP contribution in [0.4, 0.5) is 50.0 Å². The van der Waals surface area contributed by atoms with Gasteiger partial charge in [-0.1, -0.05) is 13.8 Å². The van der Waals surface area contributed by atoms with Gasteiger partial charge in [-0.05, 0) is 91.6 Å². The van der Waals surface area contributed by atoms with Crippen molar-refractivity contribution in [3.8, 4) is 5.75 Å². The first kappa shape index (κ1) is 35.9. The quantitative estimate of drug-likeness (QED) is 0.274. The van der Waals surface area contributed by atoms with Crippen molar-refractivity contribution in [2.75, 3.05) is 25.1 Å². The van der Waals surface area contributed by atoms with Crippen LogP contribution in [0.3, 0.4) is 0 Å². The first-order valence-electron chi connectivity index (χ1n) is 14.6. The molecule has 2 aromatic rings. The first-order chi connectivity index (χ1) is 21.6. The minimum absolute atomic E-state index is 0.00659. The van der Waals surface area contributed by atoms with Crippen molar-refractivity contribution >= 4 is 23.3 Å². The van der Waals surface area contributed by atoms with Crippen LogP contribution in [0.15, 0.2) is 42.0 Å². The topological polar surface area (TPSA) is 59.1 Å². The lowest BCUT2D eigenvalue weighted by Crippen LogP contribution is -2.41. The average molecular weight is 681 g/mol. The second-order valence-electron chi connectivity index (χ2n) is 12.4. The molecular formula is C32H33F9N2O4. The van der Waals surface area contributed by atoms with E-state index in [4.69, 9.17) is 9.47 Å². The number of carbonyl (C=O) groups excluding carboxylic acids is 2. The smallest absolute Gasteiger partial charge is 0.471 e. The number of halogens is 9. The monoisotopic (exact) mass is 680 g/mol. The van der Waals surface area contributed by atoms with Crippen LogP contribution in [0.5, 0.6) is 5.75 Å². The molecule has 0 spiro atoms. The summed E-state index contributed by atoms with van der Waals surface area (Å²) in [5.41, 5.74) is -2.25. The summed E-state index contributed by atoms with van der Waals surface area (Å²) in [4.78, 5) is 27.1. The van der Waals surface area contributed by atoms with Crippen molar-refractivity contribution in [2.45, 2.75) is 77.6 Å². The summed E-state index contributed by atoms with van der Waals surface area (Å²) in [5.74, 6) is -1.77. The number of ether oxygens (including phenoxy) is 2. The highest BCUT2D eigenvalue weighted by atomic mass is 19.4. The molecule has 1 aliphatic carbocycles. The maximum absolute atomic E-state index is 13.5. The Labute approximate surface area is 265 Å². The average Bonchev–Trinajstić information content (AvgIpc) is 3.24. The van der Waals surface area contributed by atoms with Crippen molar-refractivity contribution in [3.05, 3.63) is 64.2 Å². The summed E-state index contributed by atoms with van der Waals surface area (Å²) in [6.07, 6.45) is -16.3. The Hall–Kier alpha value is -3.91. The van der Waals surface area contributed by atoms with Crippen LogP contribution in [0, 0.1) is 5.41 Å². The van der Waals surface area contributed by atoms with E-state index in [1.807, 2.05) is 13.8 Å². The van der Waals surface area contributed by atoms with Gasteiger partial charge in [-0.2, -0.15) is 39.5 Å². The summed E-state index contributed by atoms with van der Waals surface area (Å²) in [6.45, 7) is 6.35. The molecule has 258 valence electrons.